The molecule has 0 bridgehead atoms. The van der Waals surface area contributed by atoms with Gasteiger partial charge >= 0.3 is 6.18 Å². The predicted octanol–water partition coefficient (Wildman–Crippen LogP) is 4.67. The van der Waals surface area contributed by atoms with Crippen LogP contribution in [0.1, 0.15) is 57.7 Å². The van der Waals surface area contributed by atoms with Gasteiger partial charge in [-0.1, -0.05) is 6.08 Å². The zero-order valence-corrected chi connectivity index (χ0v) is 17.1. The average molecular weight is 423 g/mol. The molecule has 1 atom stereocenters. The second-order valence-corrected chi connectivity index (χ2v) is 7.12. The van der Waals surface area contributed by atoms with Gasteiger partial charge in [-0.15, -0.1) is 10.2 Å². The average Bonchev–Trinajstić information content (AvgIpc) is 3.09. The van der Waals surface area contributed by atoms with Crippen molar-refractivity contribution in [3.8, 4) is 0 Å². The van der Waals surface area contributed by atoms with Crippen molar-refractivity contribution in [1.29, 1.82) is 0 Å². The van der Waals surface area contributed by atoms with Crippen molar-refractivity contribution < 1.29 is 22.6 Å². The quantitative estimate of drug-likeness (QED) is 0.351. The first kappa shape index (κ1) is 21.9. The van der Waals surface area contributed by atoms with Gasteiger partial charge in [0.15, 0.2) is 11.5 Å². The molecule has 0 radical (unpaired) electrons. The number of fused-ring (bicyclic) bond motifs is 1. The summed E-state index contributed by atoms with van der Waals surface area (Å²) < 4.78 is 52.6. The maximum absolute atomic E-state index is 13.3. The van der Waals surface area contributed by atoms with Crippen molar-refractivity contribution in [3.05, 3.63) is 41.9 Å². The minimum Gasteiger partial charge on any atom is -0.461 e. The monoisotopic (exact) mass is 423 g/mol. The molecule has 2 aromatic heterocycles. The van der Waals surface area contributed by atoms with E-state index in [-0.39, 0.29) is 24.8 Å². The molecule has 0 saturated heterocycles. The minimum atomic E-state index is -4.46. The first-order chi connectivity index (χ1) is 14.2. The number of rotatable bonds is 8. The molecule has 3 rings (SSSR count). The van der Waals surface area contributed by atoms with E-state index in [0.29, 0.717) is 35.8 Å². The molecular formula is C20H24F3N5O2. The summed E-state index contributed by atoms with van der Waals surface area (Å²) in [5.41, 5.74) is -0.315. The molecule has 10 heteroatoms. The Bertz CT molecular complexity index is 976. The van der Waals surface area contributed by atoms with Gasteiger partial charge in [0.2, 0.25) is 11.5 Å². The smallest absolute Gasteiger partial charge is 0.428 e. The van der Waals surface area contributed by atoms with E-state index in [0.717, 1.165) is 0 Å². The number of hydrogen-bond acceptors (Lipinski definition) is 6. The summed E-state index contributed by atoms with van der Waals surface area (Å²) in [6, 6.07) is 0. The number of halogens is 3. The summed E-state index contributed by atoms with van der Waals surface area (Å²) in [6.45, 7) is 9.42. The molecule has 1 aliphatic carbocycles. The SMILES string of the molecule is C=N/C(=C\C=C(/C)c1cn2c([C@@H](C)OCC)nnc2cn1)OC1(C(F)(F)F)CCC1. The lowest BCUT2D eigenvalue weighted by atomic mass is 9.79. The zero-order chi connectivity index (χ0) is 21.9. The molecule has 0 aliphatic heterocycles. The predicted molar refractivity (Wildman–Crippen MR) is 106 cm³/mol. The highest BCUT2D eigenvalue weighted by Crippen LogP contribution is 2.49. The van der Waals surface area contributed by atoms with Gasteiger partial charge in [0.25, 0.3) is 0 Å². The van der Waals surface area contributed by atoms with Gasteiger partial charge in [0, 0.05) is 18.9 Å². The Labute approximate surface area is 172 Å². The Balaban J connectivity index is 1.85. The molecule has 0 amide bonds. The minimum absolute atomic E-state index is 0.0846. The molecule has 1 aliphatic rings. The van der Waals surface area contributed by atoms with Crippen molar-refractivity contribution >= 4 is 17.9 Å². The largest absolute Gasteiger partial charge is 0.461 e. The summed E-state index contributed by atoms with van der Waals surface area (Å²) in [7, 11) is 0. The first-order valence-electron chi connectivity index (χ1n) is 9.64. The molecule has 0 N–H and O–H groups in total. The second kappa shape index (κ2) is 8.55. The molecule has 0 spiro atoms. The Kier molecular flexibility index (Phi) is 6.25. The van der Waals surface area contributed by atoms with Crippen molar-refractivity contribution in [3.63, 3.8) is 0 Å². The van der Waals surface area contributed by atoms with E-state index in [1.54, 1.807) is 29.8 Å². The van der Waals surface area contributed by atoms with Crippen molar-refractivity contribution in [2.45, 2.75) is 57.9 Å². The summed E-state index contributed by atoms with van der Waals surface area (Å²) in [5.74, 6) is 0.454. The molecule has 0 aromatic carbocycles. The summed E-state index contributed by atoms with van der Waals surface area (Å²) in [5, 5.41) is 8.23. The normalized spacial score (nSPS) is 18.2. The maximum atomic E-state index is 13.3. The lowest BCUT2D eigenvalue weighted by molar-refractivity contribution is -0.292. The Morgan fingerprint density at radius 3 is 2.67 bits per heavy atom. The maximum Gasteiger partial charge on any atom is 0.428 e. The third-order valence-electron chi connectivity index (χ3n) is 5.11. The third-order valence-corrected chi connectivity index (χ3v) is 5.11. The van der Waals surface area contributed by atoms with E-state index < -0.39 is 11.8 Å². The molecular weight excluding hydrogens is 399 g/mol. The van der Waals surface area contributed by atoms with Crippen LogP contribution in [0.5, 0.6) is 0 Å². The van der Waals surface area contributed by atoms with E-state index in [2.05, 4.69) is 26.9 Å². The third kappa shape index (κ3) is 4.23. The molecule has 30 heavy (non-hydrogen) atoms. The Morgan fingerprint density at radius 1 is 1.37 bits per heavy atom. The van der Waals surface area contributed by atoms with Crippen molar-refractivity contribution in [2.24, 2.45) is 4.99 Å². The highest BCUT2D eigenvalue weighted by Gasteiger charge is 2.61. The second-order valence-electron chi connectivity index (χ2n) is 7.12. The van der Waals surface area contributed by atoms with Gasteiger partial charge in [0.05, 0.1) is 11.9 Å². The fourth-order valence-corrected chi connectivity index (χ4v) is 3.17. The number of nitrogens with zero attached hydrogens (tertiary/aromatic N) is 5. The number of hydrogen-bond donors (Lipinski definition) is 0. The van der Waals surface area contributed by atoms with Gasteiger partial charge in [0.1, 0.15) is 6.10 Å². The van der Waals surface area contributed by atoms with E-state index in [4.69, 9.17) is 9.47 Å². The van der Waals surface area contributed by atoms with Crippen LogP contribution in [0.25, 0.3) is 11.2 Å². The number of ether oxygens (including phenoxy) is 2. The van der Waals surface area contributed by atoms with E-state index >= 15 is 0 Å². The van der Waals surface area contributed by atoms with Crippen LogP contribution >= 0.6 is 0 Å². The van der Waals surface area contributed by atoms with Gasteiger partial charge in [-0.25, -0.2) is 4.99 Å². The van der Waals surface area contributed by atoms with Crippen molar-refractivity contribution in [1.82, 2.24) is 19.6 Å². The van der Waals surface area contributed by atoms with E-state index in [9.17, 15) is 13.2 Å². The highest BCUT2D eigenvalue weighted by atomic mass is 19.4. The van der Waals surface area contributed by atoms with Crippen LogP contribution in [0, 0.1) is 0 Å². The van der Waals surface area contributed by atoms with E-state index in [1.807, 2.05) is 13.8 Å². The standard InChI is InChI=1S/C20H24F3N5O2/c1-5-29-14(3)18-27-26-16-11-25-15(12-28(16)18)13(2)7-8-17(24-4)30-19(9-6-10-19)20(21,22)23/h7-8,11-12,14H,4-6,9-10H2,1-3H3/b13-7+,17-8+/t14-/m1/s1. The van der Waals surface area contributed by atoms with Crippen molar-refractivity contribution in [2.75, 3.05) is 6.61 Å². The molecule has 1 saturated carbocycles. The van der Waals surface area contributed by atoms with Crippen LogP contribution < -0.4 is 0 Å². The van der Waals surface area contributed by atoms with Crippen LogP contribution in [-0.4, -0.2) is 44.7 Å². The van der Waals surface area contributed by atoms with Gasteiger partial charge < -0.3 is 9.47 Å². The summed E-state index contributed by atoms with van der Waals surface area (Å²) >= 11 is 0. The van der Waals surface area contributed by atoms with Gasteiger partial charge in [-0.3, -0.25) is 9.38 Å². The molecule has 2 heterocycles. The first-order valence-corrected chi connectivity index (χ1v) is 9.64. The lowest BCUT2D eigenvalue weighted by Crippen LogP contribution is -2.52. The number of alkyl halides is 3. The van der Waals surface area contributed by atoms with Gasteiger partial charge in [-0.2, -0.15) is 13.2 Å². The van der Waals surface area contributed by atoms with Crippen LogP contribution in [0.4, 0.5) is 13.2 Å². The number of aromatic nitrogens is 4. The molecule has 2 aromatic rings. The zero-order valence-electron chi connectivity index (χ0n) is 17.1. The van der Waals surface area contributed by atoms with Crippen LogP contribution in [-0.2, 0) is 9.47 Å². The molecule has 7 nitrogen and oxygen atoms in total. The molecule has 162 valence electrons. The van der Waals surface area contributed by atoms with Crippen LogP contribution in [0.3, 0.4) is 0 Å². The molecule has 1 fully saturated rings. The van der Waals surface area contributed by atoms with Crippen LogP contribution in [0.2, 0.25) is 0 Å². The highest BCUT2D eigenvalue weighted by molar-refractivity contribution is 5.62. The van der Waals surface area contributed by atoms with E-state index in [1.165, 1.54) is 6.08 Å². The van der Waals surface area contributed by atoms with Gasteiger partial charge in [-0.05, 0) is 52.3 Å². The fourth-order valence-electron chi connectivity index (χ4n) is 3.17. The summed E-state index contributed by atoms with van der Waals surface area (Å²) in [6.07, 6.45) is 1.87. The number of allylic oxidation sites excluding steroid dienone is 3. The van der Waals surface area contributed by atoms with Crippen LogP contribution in [0.15, 0.2) is 35.4 Å². The number of aliphatic imine (C=N–C) groups is 1. The topological polar surface area (TPSA) is 73.9 Å². The lowest BCUT2D eigenvalue weighted by Gasteiger charge is -2.42. The Hall–Kier alpha value is -2.75. The fraction of sp³-hybridized carbons (Fsp3) is 0.500. The molecule has 0 unspecified atom stereocenters. The summed E-state index contributed by atoms with van der Waals surface area (Å²) in [4.78, 5) is 7.96. The Morgan fingerprint density at radius 2 is 2.10 bits per heavy atom.